The van der Waals surface area contributed by atoms with Crippen LogP contribution in [0.3, 0.4) is 0 Å². The lowest BCUT2D eigenvalue weighted by atomic mass is 9.74. The van der Waals surface area contributed by atoms with Gasteiger partial charge >= 0.3 is 5.97 Å². The van der Waals surface area contributed by atoms with E-state index in [-0.39, 0.29) is 11.9 Å². The zero-order valence-electron chi connectivity index (χ0n) is 23.5. The number of benzene rings is 1. The number of carbonyl (C=O) groups is 1. The van der Waals surface area contributed by atoms with Crippen molar-refractivity contribution in [2.45, 2.75) is 136 Å². The van der Waals surface area contributed by atoms with Gasteiger partial charge in [0.15, 0.2) is 0 Å². The molecule has 3 nitrogen and oxygen atoms in total. The molecule has 2 aliphatic carbocycles. The average Bonchev–Trinajstić information content (AvgIpc) is 2.91. The summed E-state index contributed by atoms with van der Waals surface area (Å²) in [5.41, 5.74) is 0. The molecule has 3 rings (SSSR count). The summed E-state index contributed by atoms with van der Waals surface area (Å²) in [4.78, 5) is 12.7. The first-order valence-corrected chi connectivity index (χ1v) is 15.6. The van der Waals surface area contributed by atoms with Crippen molar-refractivity contribution in [3.05, 3.63) is 24.3 Å². The van der Waals surface area contributed by atoms with Gasteiger partial charge in [-0.25, -0.2) is 0 Å². The number of carbonyl (C=O) groups excluding carboxylic acids is 1. The summed E-state index contributed by atoms with van der Waals surface area (Å²) in [6.07, 6.45) is 24.7. The van der Waals surface area contributed by atoms with Crippen molar-refractivity contribution in [2.75, 3.05) is 6.61 Å². The van der Waals surface area contributed by atoms with Gasteiger partial charge in [0.1, 0.15) is 11.5 Å². The van der Waals surface area contributed by atoms with E-state index in [1.165, 1.54) is 103 Å². The van der Waals surface area contributed by atoms with Crippen LogP contribution in [-0.4, -0.2) is 12.6 Å². The molecule has 0 spiro atoms. The summed E-state index contributed by atoms with van der Waals surface area (Å²) >= 11 is 0. The van der Waals surface area contributed by atoms with Crippen molar-refractivity contribution in [1.82, 2.24) is 0 Å². The number of unbranched alkanes of at least 4 members (excludes halogenated alkanes) is 5. The largest absolute Gasteiger partial charge is 0.494 e. The van der Waals surface area contributed by atoms with Crippen LogP contribution in [0.4, 0.5) is 0 Å². The fourth-order valence-electron chi connectivity index (χ4n) is 6.59. The lowest BCUT2D eigenvalue weighted by Gasteiger charge is -2.31. The number of esters is 1. The molecule has 2 saturated carbocycles. The van der Waals surface area contributed by atoms with Crippen LogP contribution in [-0.2, 0) is 4.79 Å². The Labute approximate surface area is 222 Å². The monoisotopic (exact) mass is 498 g/mol. The molecule has 0 radical (unpaired) electrons. The highest BCUT2D eigenvalue weighted by Crippen LogP contribution is 2.37. The minimum Gasteiger partial charge on any atom is -0.494 e. The average molecular weight is 499 g/mol. The van der Waals surface area contributed by atoms with Gasteiger partial charge in [-0.3, -0.25) is 4.79 Å². The lowest BCUT2D eigenvalue weighted by Crippen LogP contribution is -2.25. The van der Waals surface area contributed by atoms with Crippen LogP contribution in [0.5, 0.6) is 11.5 Å². The zero-order chi connectivity index (χ0) is 25.4. The van der Waals surface area contributed by atoms with Gasteiger partial charge in [-0.2, -0.15) is 0 Å². The predicted molar refractivity (Wildman–Crippen MR) is 151 cm³/mol. The standard InChI is InChI=1S/C33H54O3/c1-3-5-7-9-13-27-18-20-30(21-19-27)33(34)36-32-24-22-31(23-25-32)35-26-12-17-29-16-11-10-15-28(29)14-8-6-4-2/h22-25,27-30H,3-21,26H2,1-2H3. The zero-order valence-corrected chi connectivity index (χ0v) is 23.5. The van der Waals surface area contributed by atoms with Gasteiger partial charge in [-0.1, -0.05) is 97.3 Å². The van der Waals surface area contributed by atoms with Gasteiger partial charge in [0.05, 0.1) is 12.5 Å². The molecule has 0 aromatic heterocycles. The third-order valence-corrected chi connectivity index (χ3v) is 8.92. The van der Waals surface area contributed by atoms with E-state index in [1.54, 1.807) is 0 Å². The predicted octanol–water partition coefficient (Wildman–Crippen LogP) is 9.91. The molecule has 0 amide bonds. The highest BCUT2D eigenvalue weighted by atomic mass is 16.5. The molecule has 1 aromatic rings. The minimum absolute atomic E-state index is 0.0472. The smallest absolute Gasteiger partial charge is 0.314 e. The van der Waals surface area contributed by atoms with Crippen LogP contribution in [0.15, 0.2) is 24.3 Å². The molecular formula is C33H54O3. The SMILES string of the molecule is CCCCCCC1CCC(C(=O)Oc2ccc(OCCCC3CCCCC3CCCCC)cc2)CC1. The van der Waals surface area contributed by atoms with E-state index in [1.807, 2.05) is 24.3 Å². The minimum atomic E-state index is -0.0472. The molecule has 2 atom stereocenters. The third kappa shape index (κ3) is 10.5. The number of hydrogen-bond acceptors (Lipinski definition) is 3. The third-order valence-electron chi connectivity index (χ3n) is 8.92. The number of ether oxygens (including phenoxy) is 2. The van der Waals surface area contributed by atoms with Gasteiger partial charge in [0.2, 0.25) is 0 Å². The van der Waals surface area contributed by atoms with Gasteiger partial charge in [-0.15, -0.1) is 0 Å². The Hall–Kier alpha value is -1.51. The maximum atomic E-state index is 12.7. The second-order valence-corrected chi connectivity index (χ2v) is 11.8. The highest BCUT2D eigenvalue weighted by Gasteiger charge is 2.27. The molecule has 2 aliphatic rings. The summed E-state index contributed by atoms with van der Waals surface area (Å²) in [5.74, 6) is 4.20. The first-order valence-electron chi connectivity index (χ1n) is 15.6. The van der Waals surface area contributed by atoms with Crippen LogP contribution in [0, 0.1) is 23.7 Å². The van der Waals surface area contributed by atoms with Crippen LogP contribution < -0.4 is 9.47 Å². The summed E-state index contributed by atoms with van der Waals surface area (Å²) in [6.45, 7) is 5.34. The summed E-state index contributed by atoms with van der Waals surface area (Å²) in [5, 5.41) is 0. The lowest BCUT2D eigenvalue weighted by molar-refractivity contribution is -0.140. The van der Waals surface area contributed by atoms with Crippen LogP contribution in [0.2, 0.25) is 0 Å². The second-order valence-electron chi connectivity index (χ2n) is 11.8. The Morgan fingerprint density at radius 2 is 1.28 bits per heavy atom. The fourth-order valence-corrected chi connectivity index (χ4v) is 6.59. The van der Waals surface area contributed by atoms with Gasteiger partial charge in [0, 0.05) is 0 Å². The molecule has 0 aliphatic heterocycles. The van der Waals surface area contributed by atoms with E-state index in [0.717, 1.165) is 49.4 Å². The van der Waals surface area contributed by atoms with Gasteiger partial charge < -0.3 is 9.47 Å². The topological polar surface area (TPSA) is 35.5 Å². The molecule has 3 heteroatoms. The van der Waals surface area contributed by atoms with E-state index in [2.05, 4.69) is 13.8 Å². The van der Waals surface area contributed by atoms with Crippen molar-refractivity contribution < 1.29 is 14.3 Å². The quantitative estimate of drug-likeness (QED) is 0.129. The molecule has 0 saturated heterocycles. The van der Waals surface area contributed by atoms with Crippen molar-refractivity contribution in [3.8, 4) is 11.5 Å². The summed E-state index contributed by atoms with van der Waals surface area (Å²) < 4.78 is 11.7. The Morgan fingerprint density at radius 1 is 0.694 bits per heavy atom. The van der Waals surface area contributed by atoms with Crippen molar-refractivity contribution >= 4 is 5.97 Å². The molecule has 0 heterocycles. The maximum absolute atomic E-state index is 12.7. The second kappa shape index (κ2) is 17.1. The van der Waals surface area contributed by atoms with Crippen molar-refractivity contribution in [1.29, 1.82) is 0 Å². The highest BCUT2D eigenvalue weighted by molar-refractivity contribution is 5.75. The number of rotatable bonds is 16. The van der Waals surface area contributed by atoms with Crippen LogP contribution in [0.25, 0.3) is 0 Å². The van der Waals surface area contributed by atoms with Crippen molar-refractivity contribution in [2.24, 2.45) is 23.7 Å². The van der Waals surface area contributed by atoms with Crippen molar-refractivity contribution in [3.63, 3.8) is 0 Å². The van der Waals surface area contributed by atoms with Crippen LogP contribution in [0.1, 0.15) is 136 Å². The van der Waals surface area contributed by atoms with E-state index in [9.17, 15) is 4.79 Å². The molecule has 36 heavy (non-hydrogen) atoms. The molecule has 0 N–H and O–H groups in total. The molecular weight excluding hydrogens is 444 g/mol. The Bertz CT molecular complexity index is 704. The van der Waals surface area contributed by atoms with E-state index in [0.29, 0.717) is 5.75 Å². The van der Waals surface area contributed by atoms with Gasteiger partial charge in [0.25, 0.3) is 0 Å². The number of hydrogen-bond donors (Lipinski definition) is 0. The Balaban J connectivity index is 1.30. The van der Waals surface area contributed by atoms with E-state index < -0.39 is 0 Å². The fraction of sp³-hybridized carbons (Fsp3) is 0.788. The molecule has 1 aromatic carbocycles. The molecule has 2 unspecified atom stereocenters. The molecule has 2 fully saturated rings. The maximum Gasteiger partial charge on any atom is 0.314 e. The molecule has 0 bridgehead atoms. The van der Waals surface area contributed by atoms with Crippen LogP contribution >= 0.6 is 0 Å². The first-order chi connectivity index (χ1) is 17.7. The summed E-state index contributed by atoms with van der Waals surface area (Å²) in [7, 11) is 0. The molecule has 204 valence electrons. The Kier molecular flexibility index (Phi) is 13.8. The first kappa shape index (κ1) is 29.1. The van der Waals surface area contributed by atoms with E-state index >= 15 is 0 Å². The van der Waals surface area contributed by atoms with E-state index in [4.69, 9.17) is 9.47 Å². The summed E-state index contributed by atoms with van der Waals surface area (Å²) in [6, 6.07) is 7.67. The Morgan fingerprint density at radius 3 is 1.94 bits per heavy atom. The van der Waals surface area contributed by atoms with Gasteiger partial charge in [-0.05, 0) is 80.5 Å². The normalized spacial score (nSPS) is 24.4.